The minimum atomic E-state index is -0.794. The lowest BCUT2D eigenvalue weighted by Crippen LogP contribution is -2.30. The van der Waals surface area contributed by atoms with Gasteiger partial charge in [-0.1, -0.05) is 278 Å². The van der Waals surface area contributed by atoms with Gasteiger partial charge < -0.3 is 14.2 Å². The molecule has 0 saturated heterocycles. The summed E-state index contributed by atoms with van der Waals surface area (Å²) < 4.78 is 16.9. The van der Waals surface area contributed by atoms with Gasteiger partial charge in [0.05, 0.1) is 0 Å². The van der Waals surface area contributed by atoms with Gasteiger partial charge in [-0.25, -0.2) is 0 Å². The predicted molar refractivity (Wildman–Crippen MR) is 343 cm³/mol. The zero-order chi connectivity index (χ0) is 57.1. The van der Waals surface area contributed by atoms with Crippen LogP contribution in [0.4, 0.5) is 0 Å². The lowest BCUT2D eigenvalue weighted by molar-refractivity contribution is -0.167. The quantitative estimate of drug-likeness (QED) is 0.0261. The second-order valence-corrected chi connectivity index (χ2v) is 22.0. The van der Waals surface area contributed by atoms with Crippen LogP contribution in [0, 0.1) is 0 Å². The number of rotatable bonds is 60. The Kier molecular flexibility index (Phi) is 63.3. The van der Waals surface area contributed by atoms with E-state index in [-0.39, 0.29) is 31.1 Å². The van der Waals surface area contributed by atoms with Crippen molar-refractivity contribution in [1.82, 2.24) is 0 Å². The second-order valence-electron chi connectivity index (χ2n) is 22.0. The third kappa shape index (κ3) is 64.8. The van der Waals surface area contributed by atoms with Crippen LogP contribution in [0.15, 0.2) is 109 Å². The zero-order valence-electron chi connectivity index (χ0n) is 51.9. The number of hydrogen-bond donors (Lipinski definition) is 0. The molecule has 0 aromatic rings. The Morgan fingerprint density at radius 3 is 0.797 bits per heavy atom. The molecular formula is C73H124O6. The molecule has 79 heavy (non-hydrogen) atoms. The number of unbranched alkanes of at least 4 members (excludes halogenated alkanes) is 31. The van der Waals surface area contributed by atoms with Gasteiger partial charge in [0.25, 0.3) is 0 Å². The third-order valence-corrected chi connectivity index (χ3v) is 14.2. The Balaban J connectivity index is 4.38. The standard InChI is InChI=1S/C73H124O6/c1-4-7-10-13-16-19-22-25-28-30-32-34-35-36-37-39-40-42-45-48-51-54-57-60-63-66-72(75)78-69-70(68-77-71(74)65-62-59-56-53-50-47-44-27-24-21-18-15-12-9-6-3)79-73(76)67-64-61-58-55-52-49-46-43-41-38-33-31-29-26-23-20-17-14-11-8-5-2/h8,11,17-18,20-22,25-27,29-30,32-33,35-36,38,44,70H,4-7,9-10,12-16,19,23-24,28,31,34,37,39-43,45-69H2,1-3H3/b11-8-,20-17-,21-18-,25-22-,29-26-,32-30-,36-35-,38-33-,44-27-. The first-order chi connectivity index (χ1) is 39.0. The Hall–Kier alpha value is -3.93. The molecule has 0 aliphatic heterocycles. The van der Waals surface area contributed by atoms with Gasteiger partial charge in [0.1, 0.15) is 13.2 Å². The van der Waals surface area contributed by atoms with Crippen molar-refractivity contribution < 1.29 is 28.6 Å². The molecular weight excluding hydrogens is 973 g/mol. The zero-order valence-corrected chi connectivity index (χ0v) is 51.9. The summed E-state index contributed by atoms with van der Waals surface area (Å²) in [4.78, 5) is 38.4. The SMILES string of the molecule is CC/C=C\C/C=C\C/C=C\C/C=C\CCCCCCCCCCC(=O)OC(COC(=O)CCCCCCC/C=C\C/C=C\CCCCC)COC(=O)CCCCCCCCCCCC/C=C\C/C=C\C/C=C\CCCCCCC. The summed E-state index contributed by atoms with van der Waals surface area (Å²) in [5, 5.41) is 0. The fraction of sp³-hybridized carbons (Fsp3) is 0.712. The van der Waals surface area contributed by atoms with E-state index in [0.717, 1.165) is 128 Å². The van der Waals surface area contributed by atoms with Crippen molar-refractivity contribution in [1.29, 1.82) is 0 Å². The Morgan fingerprint density at radius 2 is 0.494 bits per heavy atom. The predicted octanol–water partition coefficient (Wildman–Crippen LogP) is 23.0. The van der Waals surface area contributed by atoms with Crippen molar-refractivity contribution in [3.63, 3.8) is 0 Å². The lowest BCUT2D eigenvalue weighted by Gasteiger charge is -2.18. The Bertz CT molecular complexity index is 1590. The van der Waals surface area contributed by atoms with Crippen LogP contribution in [0.1, 0.15) is 316 Å². The topological polar surface area (TPSA) is 78.9 Å². The molecule has 0 aromatic heterocycles. The first-order valence-electron chi connectivity index (χ1n) is 33.4. The number of carbonyl (C=O) groups excluding carboxylic acids is 3. The Labute approximate surface area is 489 Å². The molecule has 0 heterocycles. The molecule has 1 unspecified atom stereocenters. The van der Waals surface area contributed by atoms with Crippen molar-refractivity contribution in [3.05, 3.63) is 109 Å². The van der Waals surface area contributed by atoms with E-state index in [1.165, 1.54) is 148 Å². The monoisotopic (exact) mass is 1100 g/mol. The molecule has 0 spiro atoms. The first-order valence-corrected chi connectivity index (χ1v) is 33.4. The highest BCUT2D eigenvalue weighted by Crippen LogP contribution is 2.16. The maximum absolute atomic E-state index is 12.9. The summed E-state index contributed by atoms with van der Waals surface area (Å²) in [5.74, 6) is -0.905. The summed E-state index contributed by atoms with van der Waals surface area (Å²) in [6.07, 6.45) is 90.9. The minimum Gasteiger partial charge on any atom is -0.462 e. The van der Waals surface area contributed by atoms with Crippen LogP contribution in [0.2, 0.25) is 0 Å². The summed E-state index contributed by atoms with van der Waals surface area (Å²) in [6.45, 7) is 6.49. The summed E-state index contributed by atoms with van der Waals surface area (Å²) in [7, 11) is 0. The summed E-state index contributed by atoms with van der Waals surface area (Å²) in [6, 6.07) is 0. The number of allylic oxidation sites excluding steroid dienone is 18. The smallest absolute Gasteiger partial charge is 0.306 e. The molecule has 0 aromatic carbocycles. The molecule has 0 N–H and O–H groups in total. The van der Waals surface area contributed by atoms with E-state index in [9.17, 15) is 14.4 Å². The van der Waals surface area contributed by atoms with Gasteiger partial charge in [0.2, 0.25) is 0 Å². The second kappa shape index (κ2) is 66.6. The first kappa shape index (κ1) is 75.1. The van der Waals surface area contributed by atoms with E-state index in [0.29, 0.717) is 19.3 Å². The van der Waals surface area contributed by atoms with E-state index in [1.54, 1.807) is 0 Å². The molecule has 6 nitrogen and oxygen atoms in total. The summed E-state index contributed by atoms with van der Waals surface area (Å²) >= 11 is 0. The van der Waals surface area contributed by atoms with E-state index in [4.69, 9.17) is 14.2 Å². The highest BCUT2D eigenvalue weighted by Gasteiger charge is 2.19. The van der Waals surface area contributed by atoms with Crippen LogP contribution < -0.4 is 0 Å². The molecule has 1 atom stereocenters. The highest BCUT2D eigenvalue weighted by atomic mass is 16.6. The average molecular weight is 1100 g/mol. The van der Waals surface area contributed by atoms with Crippen molar-refractivity contribution in [2.24, 2.45) is 0 Å². The minimum absolute atomic E-state index is 0.0884. The fourth-order valence-electron chi connectivity index (χ4n) is 9.24. The molecule has 0 aliphatic carbocycles. The maximum atomic E-state index is 12.9. The average Bonchev–Trinajstić information content (AvgIpc) is 3.45. The molecule has 452 valence electrons. The molecule has 0 fully saturated rings. The number of ether oxygens (including phenoxy) is 3. The van der Waals surface area contributed by atoms with Gasteiger partial charge >= 0.3 is 17.9 Å². The Morgan fingerprint density at radius 1 is 0.266 bits per heavy atom. The number of carbonyl (C=O) groups is 3. The lowest BCUT2D eigenvalue weighted by atomic mass is 10.1. The number of hydrogen-bond acceptors (Lipinski definition) is 6. The van der Waals surface area contributed by atoms with E-state index in [2.05, 4.69) is 130 Å². The molecule has 0 saturated carbocycles. The fourth-order valence-corrected chi connectivity index (χ4v) is 9.24. The van der Waals surface area contributed by atoms with Crippen LogP contribution in [0.3, 0.4) is 0 Å². The molecule has 0 radical (unpaired) electrons. The van der Waals surface area contributed by atoms with Crippen LogP contribution in [-0.2, 0) is 28.6 Å². The summed E-state index contributed by atoms with van der Waals surface area (Å²) in [5.41, 5.74) is 0. The van der Waals surface area contributed by atoms with E-state index in [1.807, 2.05) is 0 Å². The van der Waals surface area contributed by atoms with Gasteiger partial charge in [-0.15, -0.1) is 0 Å². The third-order valence-electron chi connectivity index (χ3n) is 14.2. The van der Waals surface area contributed by atoms with E-state index < -0.39 is 6.10 Å². The van der Waals surface area contributed by atoms with Crippen LogP contribution >= 0.6 is 0 Å². The van der Waals surface area contributed by atoms with E-state index >= 15 is 0 Å². The largest absolute Gasteiger partial charge is 0.462 e. The maximum Gasteiger partial charge on any atom is 0.306 e. The number of esters is 3. The molecule has 0 rings (SSSR count). The van der Waals surface area contributed by atoms with Crippen molar-refractivity contribution in [2.45, 2.75) is 322 Å². The highest BCUT2D eigenvalue weighted by molar-refractivity contribution is 5.71. The van der Waals surface area contributed by atoms with Gasteiger partial charge in [-0.05, 0) is 128 Å². The van der Waals surface area contributed by atoms with Gasteiger partial charge in [-0.2, -0.15) is 0 Å². The van der Waals surface area contributed by atoms with Crippen molar-refractivity contribution in [2.75, 3.05) is 13.2 Å². The molecule has 0 amide bonds. The van der Waals surface area contributed by atoms with Crippen LogP contribution in [0.25, 0.3) is 0 Å². The van der Waals surface area contributed by atoms with Crippen molar-refractivity contribution in [3.8, 4) is 0 Å². The van der Waals surface area contributed by atoms with Gasteiger partial charge in [-0.3, -0.25) is 14.4 Å². The normalized spacial score (nSPS) is 12.8. The van der Waals surface area contributed by atoms with Crippen LogP contribution in [-0.4, -0.2) is 37.2 Å². The molecule has 0 aliphatic rings. The van der Waals surface area contributed by atoms with Crippen molar-refractivity contribution >= 4 is 17.9 Å². The van der Waals surface area contributed by atoms with Crippen LogP contribution in [0.5, 0.6) is 0 Å². The van der Waals surface area contributed by atoms with Gasteiger partial charge in [0.15, 0.2) is 6.10 Å². The molecule has 6 heteroatoms. The van der Waals surface area contributed by atoms with Gasteiger partial charge in [0, 0.05) is 19.3 Å². The molecule has 0 bridgehead atoms.